The van der Waals surface area contributed by atoms with Crippen molar-refractivity contribution in [3.05, 3.63) is 71.8 Å². The van der Waals surface area contributed by atoms with E-state index >= 15 is 0 Å². The highest BCUT2D eigenvalue weighted by Gasteiger charge is 2.22. The molecule has 0 spiro atoms. The Morgan fingerprint density at radius 3 is 2.62 bits per heavy atom. The second-order valence-electron chi connectivity index (χ2n) is 6.38. The fourth-order valence-corrected chi connectivity index (χ4v) is 3.07. The lowest BCUT2D eigenvalue weighted by atomic mass is 10.0. The van der Waals surface area contributed by atoms with E-state index in [-0.39, 0.29) is 5.91 Å². The number of carbonyl (C=O) groups excluding carboxylic acids is 1. The van der Waals surface area contributed by atoms with E-state index in [1.165, 1.54) is 0 Å². The summed E-state index contributed by atoms with van der Waals surface area (Å²) in [6.45, 7) is 2.35. The van der Waals surface area contributed by atoms with Gasteiger partial charge in [0.15, 0.2) is 11.5 Å². The highest BCUT2D eigenvalue weighted by atomic mass is 16.5. The second-order valence-corrected chi connectivity index (χ2v) is 6.38. The third-order valence-electron chi connectivity index (χ3n) is 4.54. The number of amides is 1. The number of imidazole rings is 1. The Kier molecular flexibility index (Phi) is 6.39. The topological polar surface area (TPSA) is 74.6 Å². The minimum absolute atomic E-state index is 0.246. The monoisotopic (exact) mass is 395 g/mol. The molecule has 0 fully saturated rings. The van der Waals surface area contributed by atoms with Crippen LogP contribution >= 0.6 is 0 Å². The van der Waals surface area contributed by atoms with Crippen molar-refractivity contribution in [3.8, 4) is 17.2 Å². The highest BCUT2D eigenvalue weighted by molar-refractivity contribution is 5.95. The van der Waals surface area contributed by atoms with E-state index in [0.717, 1.165) is 5.56 Å². The zero-order valence-electron chi connectivity index (χ0n) is 17.0. The Morgan fingerprint density at radius 1 is 1.14 bits per heavy atom. The molecule has 0 aliphatic carbocycles. The fraction of sp³-hybridized carbons (Fsp3) is 0.273. The first-order valence-corrected chi connectivity index (χ1v) is 9.30. The van der Waals surface area contributed by atoms with Gasteiger partial charge in [-0.15, -0.1) is 0 Å². The first-order chi connectivity index (χ1) is 14.1. The molecule has 3 rings (SSSR count). The van der Waals surface area contributed by atoms with Gasteiger partial charge in [-0.2, -0.15) is 0 Å². The van der Waals surface area contributed by atoms with Gasteiger partial charge in [-0.05, 0) is 42.8 Å². The number of hydrogen-bond donors (Lipinski definition) is 1. The predicted molar refractivity (Wildman–Crippen MR) is 110 cm³/mol. The number of methoxy groups -OCH3 is 2. The zero-order valence-corrected chi connectivity index (χ0v) is 17.0. The number of carbonyl (C=O) groups is 1. The van der Waals surface area contributed by atoms with Crippen LogP contribution in [0.2, 0.25) is 0 Å². The molecule has 1 N–H and O–H groups in total. The summed E-state index contributed by atoms with van der Waals surface area (Å²) in [5.74, 6) is 2.28. The first kappa shape index (κ1) is 20.3. The van der Waals surface area contributed by atoms with Gasteiger partial charge in [0, 0.05) is 25.0 Å². The van der Waals surface area contributed by atoms with E-state index < -0.39 is 6.04 Å². The van der Waals surface area contributed by atoms with Crippen molar-refractivity contribution < 1.29 is 19.0 Å². The van der Waals surface area contributed by atoms with Crippen LogP contribution in [0.1, 0.15) is 34.7 Å². The Hall–Kier alpha value is -3.48. The van der Waals surface area contributed by atoms with Crippen molar-refractivity contribution in [1.29, 1.82) is 0 Å². The summed E-state index contributed by atoms with van der Waals surface area (Å²) in [6, 6.07) is 12.2. The van der Waals surface area contributed by atoms with Gasteiger partial charge >= 0.3 is 0 Å². The second kappa shape index (κ2) is 9.14. The normalized spacial score (nSPS) is 11.6. The van der Waals surface area contributed by atoms with Gasteiger partial charge in [0.25, 0.3) is 5.91 Å². The number of aryl methyl sites for hydroxylation is 1. The zero-order chi connectivity index (χ0) is 20.8. The maximum absolute atomic E-state index is 13.1. The molecular weight excluding hydrogens is 370 g/mol. The Labute approximate surface area is 170 Å². The van der Waals surface area contributed by atoms with Crippen LogP contribution in [0.15, 0.2) is 54.9 Å². The molecular formula is C22H25N3O4. The van der Waals surface area contributed by atoms with Crippen molar-refractivity contribution in [1.82, 2.24) is 14.9 Å². The molecule has 0 saturated heterocycles. The first-order valence-electron chi connectivity index (χ1n) is 9.30. The number of hydrogen-bond acceptors (Lipinski definition) is 5. The van der Waals surface area contributed by atoms with Gasteiger partial charge in [-0.1, -0.05) is 12.1 Å². The Balaban J connectivity index is 1.95. The van der Waals surface area contributed by atoms with Crippen LogP contribution in [-0.2, 0) is 7.05 Å². The summed E-state index contributed by atoms with van der Waals surface area (Å²) in [4.78, 5) is 17.5. The van der Waals surface area contributed by atoms with E-state index in [2.05, 4.69) is 10.3 Å². The molecule has 152 valence electrons. The lowest BCUT2D eigenvalue weighted by molar-refractivity contribution is 0.0940. The van der Waals surface area contributed by atoms with E-state index in [0.29, 0.717) is 35.2 Å². The van der Waals surface area contributed by atoms with Crippen LogP contribution in [-0.4, -0.2) is 36.3 Å². The Morgan fingerprint density at radius 2 is 1.97 bits per heavy atom. The summed E-state index contributed by atoms with van der Waals surface area (Å²) in [6.07, 6.45) is 3.55. The molecule has 1 aromatic heterocycles. The number of nitrogens with one attached hydrogen (secondary N) is 1. The van der Waals surface area contributed by atoms with Crippen molar-refractivity contribution in [2.24, 2.45) is 7.05 Å². The number of nitrogens with zero attached hydrogens (tertiary/aromatic N) is 2. The molecule has 29 heavy (non-hydrogen) atoms. The third kappa shape index (κ3) is 4.51. The molecule has 0 aliphatic rings. The van der Waals surface area contributed by atoms with Crippen LogP contribution < -0.4 is 19.5 Å². The van der Waals surface area contributed by atoms with Gasteiger partial charge < -0.3 is 24.1 Å². The van der Waals surface area contributed by atoms with Gasteiger partial charge in [0.1, 0.15) is 17.6 Å². The molecule has 0 bridgehead atoms. The predicted octanol–water partition coefficient (Wildman–Crippen LogP) is 3.36. The molecule has 1 heterocycles. The van der Waals surface area contributed by atoms with Crippen molar-refractivity contribution in [2.45, 2.75) is 13.0 Å². The number of benzene rings is 2. The molecule has 7 nitrogen and oxygen atoms in total. The van der Waals surface area contributed by atoms with E-state index in [1.807, 2.05) is 49.0 Å². The quantitative estimate of drug-likeness (QED) is 0.633. The minimum atomic E-state index is -0.449. The molecule has 0 saturated carbocycles. The number of ether oxygens (including phenoxy) is 3. The molecule has 3 aromatic rings. The number of rotatable bonds is 8. The van der Waals surface area contributed by atoms with E-state index in [9.17, 15) is 4.79 Å². The van der Waals surface area contributed by atoms with Crippen molar-refractivity contribution in [3.63, 3.8) is 0 Å². The van der Waals surface area contributed by atoms with Crippen LogP contribution in [0.5, 0.6) is 17.2 Å². The lowest BCUT2D eigenvalue weighted by Gasteiger charge is -2.20. The minimum Gasteiger partial charge on any atom is -0.497 e. The molecule has 0 aliphatic heterocycles. The standard InChI is InChI=1S/C22H25N3O4/c1-5-29-19-14-16(9-10-18(19)28-4)22(26)24-20(21-23-11-12-25(21)2)15-7-6-8-17(13-15)27-3/h6-14,20H,5H2,1-4H3,(H,24,26). The highest BCUT2D eigenvalue weighted by Crippen LogP contribution is 2.29. The number of aromatic nitrogens is 2. The average molecular weight is 395 g/mol. The van der Waals surface area contributed by atoms with Gasteiger partial charge in [-0.25, -0.2) is 4.98 Å². The maximum atomic E-state index is 13.1. The fourth-order valence-electron chi connectivity index (χ4n) is 3.07. The van der Waals surface area contributed by atoms with E-state index in [4.69, 9.17) is 14.2 Å². The molecule has 1 unspecified atom stereocenters. The van der Waals surface area contributed by atoms with Crippen LogP contribution in [0.4, 0.5) is 0 Å². The largest absolute Gasteiger partial charge is 0.497 e. The summed E-state index contributed by atoms with van der Waals surface area (Å²) >= 11 is 0. The van der Waals surface area contributed by atoms with Crippen LogP contribution in [0.25, 0.3) is 0 Å². The average Bonchev–Trinajstić information content (AvgIpc) is 3.17. The lowest BCUT2D eigenvalue weighted by Crippen LogP contribution is -2.31. The smallest absolute Gasteiger partial charge is 0.252 e. The summed E-state index contributed by atoms with van der Waals surface area (Å²) < 4.78 is 18.1. The summed E-state index contributed by atoms with van der Waals surface area (Å²) in [5.41, 5.74) is 1.34. The van der Waals surface area contributed by atoms with Gasteiger partial charge in [-0.3, -0.25) is 4.79 Å². The van der Waals surface area contributed by atoms with Crippen molar-refractivity contribution >= 4 is 5.91 Å². The summed E-state index contributed by atoms with van der Waals surface area (Å²) in [7, 11) is 5.07. The van der Waals surface area contributed by atoms with Crippen molar-refractivity contribution in [2.75, 3.05) is 20.8 Å². The molecule has 1 amide bonds. The van der Waals surface area contributed by atoms with Gasteiger partial charge in [0.2, 0.25) is 0 Å². The molecule has 2 aromatic carbocycles. The summed E-state index contributed by atoms with van der Waals surface area (Å²) in [5, 5.41) is 3.08. The maximum Gasteiger partial charge on any atom is 0.252 e. The molecule has 0 radical (unpaired) electrons. The van der Waals surface area contributed by atoms with E-state index in [1.54, 1.807) is 38.6 Å². The molecule has 7 heteroatoms. The van der Waals surface area contributed by atoms with Gasteiger partial charge in [0.05, 0.1) is 20.8 Å². The third-order valence-corrected chi connectivity index (χ3v) is 4.54. The van der Waals surface area contributed by atoms with Crippen LogP contribution in [0.3, 0.4) is 0 Å². The van der Waals surface area contributed by atoms with Crippen LogP contribution in [0, 0.1) is 0 Å². The molecule has 1 atom stereocenters. The Bertz CT molecular complexity index is 984. The SMILES string of the molecule is CCOc1cc(C(=O)NC(c2cccc(OC)c2)c2nccn2C)ccc1OC.